The van der Waals surface area contributed by atoms with Crippen LogP contribution in [0.25, 0.3) is 0 Å². The van der Waals surface area contributed by atoms with Crippen molar-refractivity contribution in [1.29, 1.82) is 0 Å². The van der Waals surface area contributed by atoms with Gasteiger partial charge in [-0.3, -0.25) is 14.5 Å². The van der Waals surface area contributed by atoms with E-state index in [1.165, 1.54) is 5.56 Å². The molecule has 4 rings (SSSR count). The molecule has 2 saturated heterocycles. The summed E-state index contributed by atoms with van der Waals surface area (Å²) in [7, 11) is 0. The van der Waals surface area contributed by atoms with Crippen molar-refractivity contribution >= 4 is 34.8 Å². The molecule has 2 aliphatic rings. The van der Waals surface area contributed by atoms with E-state index in [1.807, 2.05) is 23.1 Å². The van der Waals surface area contributed by atoms with E-state index >= 15 is 0 Å². The van der Waals surface area contributed by atoms with Crippen molar-refractivity contribution < 1.29 is 14.7 Å². The second kappa shape index (κ2) is 9.79. The molecule has 2 fully saturated rings. The Morgan fingerprint density at radius 3 is 2.50 bits per heavy atom. The highest BCUT2D eigenvalue weighted by Gasteiger charge is 2.31. The van der Waals surface area contributed by atoms with Crippen LogP contribution < -0.4 is 10.2 Å². The van der Waals surface area contributed by atoms with E-state index in [4.69, 9.17) is 11.6 Å². The van der Waals surface area contributed by atoms with Gasteiger partial charge in [0.15, 0.2) is 0 Å². The molecule has 170 valence electrons. The second-order valence-electron chi connectivity index (χ2n) is 8.56. The number of carbonyl (C=O) groups is 2. The normalized spacial score (nSPS) is 19.2. The van der Waals surface area contributed by atoms with E-state index < -0.39 is 0 Å². The zero-order valence-corrected chi connectivity index (χ0v) is 19.0. The Balaban J connectivity index is 1.24. The van der Waals surface area contributed by atoms with E-state index in [9.17, 15) is 14.7 Å². The number of piperazine rings is 1. The Hall–Kier alpha value is -2.77. The number of carbonyl (C=O) groups excluding carboxylic acids is 2. The van der Waals surface area contributed by atoms with E-state index in [2.05, 4.69) is 22.0 Å². The molecule has 8 heteroatoms. The van der Waals surface area contributed by atoms with Gasteiger partial charge in [-0.15, -0.1) is 0 Å². The third kappa shape index (κ3) is 5.34. The maximum Gasteiger partial charge on any atom is 0.236 e. The van der Waals surface area contributed by atoms with Gasteiger partial charge in [0.1, 0.15) is 5.75 Å². The highest BCUT2D eigenvalue weighted by atomic mass is 35.5. The quantitative estimate of drug-likeness (QED) is 0.676. The monoisotopic (exact) mass is 456 g/mol. The lowest BCUT2D eigenvalue weighted by Crippen LogP contribution is -2.51. The molecule has 2 aliphatic heterocycles. The first-order chi connectivity index (χ1) is 15.4. The van der Waals surface area contributed by atoms with Crippen LogP contribution in [0.4, 0.5) is 11.4 Å². The van der Waals surface area contributed by atoms with Crippen LogP contribution in [0, 0.1) is 12.8 Å². The molecule has 1 atom stereocenters. The number of hydrogen-bond acceptors (Lipinski definition) is 5. The number of benzene rings is 2. The van der Waals surface area contributed by atoms with Crippen molar-refractivity contribution in [3.8, 4) is 5.75 Å². The van der Waals surface area contributed by atoms with Crippen LogP contribution in [0.5, 0.6) is 5.75 Å². The summed E-state index contributed by atoms with van der Waals surface area (Å²) in [6.07, 6.45) is 0.735. The van der Waals surface area contributed by atoms with E-state index in [0.29, 0.717) is 31.9 Å². The molecule has 0 saturated carbocycles. The van der Waals surface area contributed by atoms with E-state index in [1.54, 1.807) is 24.3 Å². The number of nitrogens with zero attached hydrogens (tertiary/aromatic N) is 3. The summed E-state index contributed by atoms with van der Waals surface area (Å²) in [5.74, 6) is 0.0968. The van der Waals surface area contributed by atoms with Crippen LogP contribution in [0.2, 0.25) is 5.02 Å². The van der Waals surface area contributed by atoms with Crippen LogP contribution >= 0.6 is 11.6 Å². The number of hydrogen-bond donors (Lipinski definition) is 2. The lowest BCUT2D eigenvalue weighted by atomic mass is 10.1. The van der Waals surface area contributed by atoms with Crippen molar-refractivity contribution in [3.05, 3.63) is 53.1 Å². The third-order valence-electron chi connectivity index (χ3n) is 6.28. The number of rotatable bonds is 5. The van der Waals surface area contributed by atoms with E-state index in [-0.39, 0.29) is 23.5 Å². The predicted molar refractivity (Wildman–Crippen MR) is 126 cm³/mol. The van der Waals surface area contributed by atoms with Crippen molar-refractivity contribution in [2.45, 2.75) is 13.3 Å². The molecule has 2 N–H and O–H groups in total. The lowest BCUT2D eigenvalue weighted by molar-refractivity contribution is -0.132. The van der Waals surface area contributed by atoms with Crippen LogP contribution in [-0.4, -0.2) is 72.5 Å². The minimum atomic E-state index is -0.140. The maximum absolute atomic E-state index is 12.8. The number of aromatic hydroxyl groups is 1. The molecular formula is C24H29ClN4O3. The fourth-order valence-electron chi connectivity index (χ4n) is 4.39. The molecule has 0 bridgehead atoms. The maximum atomic E-state index is 12.8. The Bertz CT molecular complexity index is 974. The minimum Gasteiger partial charge on any atom is -0.508 e. The van der Waals surface area contributed by atoms with Crippen LogP contribution in [0.3, 0.4) is 0 Å². The standard InChI is InChI=1S/C24H29ClN4O3/c1-17-2-3-19(25)14-22(17)28-10-12-29(13-11-28)23(31)16-27-9-8-18(15-27)24(32)26-20-4-6-21(30)7-5-20/h2-7,14,18,30H,8-13,15-16H2,1H3,(H,26,32). The molecule has 2 amide bonds. The molecule has 0 aromatic heterocycles. The molecule has 1 unspecified atom stereocenters. The van der Waals surface area contributed by atoms with Gasteiger partial charge >= 0.3 is 0 Å². The Kier molecular flexibility index (Phi) is 6.86. The van der Waals surface area contributed by atoms with E-state index in [0.717, 1.165) is 36.8 Å². The Morgan fingerprint density at radius 1 is 1.06 bits per heavy atom. The van der Waals surface area contributed by atoms with Gasteiger partial charge in [0.25, 0.3) is 0 Å². The highest BCUT2D eigenvalue weighted by Crippen LogP contribution is 2.25. The minimum absolute atomic E-state index is 0.0452. The summed E-state index contributed by atoms with van der Waals surface area (Å²) < 4.78 is 0. The smallest absolute Gasteiger partial charge is 0.236 e. The molecule has 0 radical (unpaired) electrons. The average Bonchev–Trinajstić information content (AvgIpc) is 3.26. The summed E-state index contributed by atoms with van der Waals surface area (Å²) in [4.78, 5) is 31.6. The predicted octanol–water partition coefficient (Wildman–Crippen LogP) is 2.96. The number of amides is 2. The van der Waals surface area contributed by atoms with Crippen molar-refractivity contribution in [2.24, 2.45) is 5.92 Å². The number of likely N-dealkylation sites (tertiary alicyclic amines) is 1. The van der Waals surface area contributed by atoms with Crippen LogP contribution in [0.1, 0.15) is 12.0 Å². The van der Waals surface area contributed by atoms with Gasteiger partial charge in [-0.2, -0.15) is 0 Å². The molecule has 0 spiro atoms. The van der Waals surface area contributed by atoms with Gasteiger partial charge < -0.3 is 20.2 Å². The molecule has 2 aromatic carbocycles. The van der Waals surface area contributed by atoms with Gasteiger partial charge in [0.2, 0.25) is 11.8 Å². The molecule has 7 nitrogen and oxygen atoms in total. The molecule has 2 aromatic rings. The Labute approximate surface area is 193 Å². The second-order valence-corrected chi connectivity index (χ2v) is 8.99. The third-order valence-corrected chi connectivity index (χ3v) is 6.52. The number of halogens is 1. The molecule has 0 aliphatic carbocycles. The van der Waals surface area contributed by atoms with Gasteiger partial charge in [-0.05, 0) is 61.9 Å². The summed E-state index contributed by atoms with van der Waals surface area (Å²) in [5.41, 5.74) is 2.98. The fraction of sp³-hybridized carbons (Fsp3) is 0.417. The fourth-order valence-corrected chi connectivity index (χ4v) is 4.56. The van der Waals surface area contributed by atoms with Crippen LogP contribution in [-0.2, 0) is 9.59 Å². The SMILES string of the molecule is Cc1ccc(Cl)cc1N1CCN(C(=O)CN2CCC(C(=O)Nc3ccc(O)cc3)C2)CC1. The number of aryl methyl sites for hydroxylation is 1. The van der Waals surface area contributed by atoms with Crippen molar-refractivity contribution in [1.82, 2.24) is 9.80 Å². The summed E-state index contributed by atoms with van der Waals surface area (Å²) in [5, 5.41) is 13.0. The molecule has 2 heterocycles. The summed E-state index contributed by atoms with van der Waals surface area (Å²) in [6, 6.07) is 12.3. The number of phenols is 1. The topological polar surface area (TPSA) is 76.1 Å². The lowest BCUT2D eigenvalue weighted by Gasteiger charge is -2.37. The summed E-state index contributed by atoms with van der Waals surface area (Å²) in [6.45, 7) is 6.67. The van der Waals surface area contributed by atoms with Gasteiger partial charge in [0, 0.05) is 49.1 Å². The zero-order chi connectivity index (χ0) is 22.7. The first-order valence-electron chi connectivity index (χ1n) is 11.0. The van der Waals surface area contributed by atoms with Crippen LogP contribution in [0.15, 0.2) is 42.5 Å². The van der Waals surface area contributed by atoms with Crippen molar-refractivity contribution in [2.75, 3.05) is 56.0 Å². The molecular weight excluding hydrogens is 428 g/mol. The van der Waals surface area contributed by atoms with Gasteiger partial charge in [0.05, 0.1) is 12.5 Å². The molecule has 32 heavy (non-hydrogen) atoms. The first kappa shape index (κ1) is 22.4. The number of nitrogens with one attached hydrogen (secondary N) is 1. The zero-order valence-electron chi connectivity index (χ0n) is 18.3. The largest absolute Gasteiger partial charge is 0.508 e. The number of anilines is 2. The number of phenolic OH excluding ortho intramolecular Hbond substituents is 1. The van der Waals surface area contributed by atoms with Gasteiger partial charge in [-0.1, -0.05) is 17.7 Å². The first-order valence-corrected chi connectivity index (χ1v) is 11.4. The average molecular weight is 457 g/mol. The summed E-state index contributed by atoms with van der Waals surface area (Å²) >= 11 is 6.16. The van der Waals surface area contributed by atoms with Crippen molar-refractivity contribution in [3.63, 3.8) is 0 Å². The highest BCUT2D eigenvalue weighted by molar-refractivity contribution is 6.30. The Morgan fingerprint density at radius 2 is 1.78 bits per heavy atom. The van der Waals surface area contributed by atoms with Gasteiger partial charge in [-0.25, -0.2) is 0 Å².